The maximum absolute atomic E-state index is 2.48. The van der Waals surface area contributed by atoms with Gasteiger partial charge in [-0.3, -0.25) is 0 Å². The highest BCUT2D eigenvalue weighted by atomic mass is 15.2. The number of nitrogens with zero attached hydrogens (tertiary/aromatic N) is 2. The number of anilines is 6. The molecule has 2 heteroatoms. The number of benzene rings is 8. The zero-order valence-electron chi connectivity index (χ0n) is 34.1. The van der Waals surface area contributed by atoms with Crippen molar-refractivity contribution >= 4 is 55.7 Å². The van der Waals surface area contributed by atoms with Gasteiger partial charge in [-0.2, -0.15) is 0 Å². The summed E-state index contributed by atoms with van der Waals surface area (Å²) in [5.41, 5.74) is 14.0. The zero-order chi connectivity index (χ0) is 39.2. The molecule has 8 aromatic carbocycles. The number of aryl methyl sites for hydroxylation is 2. The van der Waals surface area contributed by atoms with Gasteiger partial charge in [0.05, 0.1) is 11.4 Å². The van der Waals surface area contributed by atoms with Crippen LogP contribution in [0.3, 0.4) is 0 Å². The predicted molar refractivity (Wildman–Crippen MR) is 243 cm³/mol. The van der Waals surface area contributed by atoms with Crippen molar-refractivity contribution in [1.29, 1.82) is 0 Å². The first-order chi connectivity index (χ1) is 26.8. The summed E-state index contributed by atoms with van der Waals surface area (Å²) in [7, 11) is 0. The standard InChI is InChI=1S/C54H52N2/c1-37-18-26-44(27-19-37)55(46-30-24-42(25-31-46)53(3,4)5)50-35-43(54(6,7)8)36-51(52(50)40-15-10-9-11-16-40)56(45-28-20-38(2)21-29-45)47-32-33-49-41(34-47)23-22-39-14-12-13-17-48(39)49/h9-36H,1-8H3. The van der Waals surface area contributed by atoms with Crippen LogP contribution >= 0.6 is 0 Å². The summed E-state index contributed by atoms with van der Waals surface area (Å²) in [6.45, 7) is 18.1. The minimum Gasteiger partial charge on any atom is -0.310 e. The molecular weight excluding hydrogens is 677 g/mol. The first-order valence-corrected chi connectivity index (χ1v) is 19.8. The molecule has 0 aliphatic carbocycles. The van der Waals surface area contributed by atoms with Crippen LogP contribution in [0.15, 0.2) is 170 Å². The Hall–Kier alpha value is -6.12. The van der Waals surface area contributed by atoms with Gasteiger partial charge in [-0.05, 0) is 124 Å². The third kappa shape index (κ3) is 7.20. The molecule has 0 bridgehead atoms. The van der Waals surface area contributed by atoms with Gasteiger partial charge in [0.15, 0.2) is 0 Å². The first-order valence-electron chi connectivity index (χ1n) is 19.8. The molecule has 0 amide bonds. The highest BCUT2D eigenvalue weighted by molar-refractivity contribution is 6.09. The van der Waals surface area contributed by atoms with Crippen molar-refractivity contribution in [2.45, 2.75) is 66.2 Å². The van der Waals surface area contributed by atoms with E-state index in [1.807, 2.05) is 0 Å². The smallest absolute Gasteiger partial charge is 0.0564 e. The molecule has 0 aliphatic heterocycles. The molecule has 0 aliphatic rings. The van der Waals surface area contributed by atoms with Gasteiger partial charge >= 0.3 is 0 Å². The summed E-state index contributed by atoms with van der Waals surface area (Å²) < 4.78 is 0. The molecule has 8 aromatic rings. The van der Waals surface area contributed by atoms with Crippen LogP contribution in [0.4, 0.5) is 34.1 Å². The van der Waals surface area contributed by atoms with Gasteiger partial charge in [0.2, 0.25) is 0 Å². The maximum Gasteiger partial charge on any atom is 0.0564 e. The third-order valence-electron chi connectivity index (χ3n) is 11.1. The van der Waals surface area contributed by atoms with E-state index in [-0.39, 0.29) is 10.8 Å². The normalized spacial score (nSPS) is 11.9. The molecule has 0 N–H and O–H groups in total. The fourth-order valence-corrected chi connectivity index (χ4v) is 7.79. The molecule has 0 aromatic heterocycles. The molecule has 0 atom stereocenters. The zero-order valence-corrected chi connectivity index (χ0v) is 34.1. The second-order valence-electron chi connectivity index (χ2n) is 17.3. The minimum absolute atomic E-state index is 0.0441. The van der Waals surface area contributed by atoms with E-state index < -0.39 is 0 Å². The highest BCUT2D eigenvalue weighted by Gasteiger charge is 2.28. The van der Waals surface area contributed by atoms with Crippen molar-refractivity contribution < 1.29 is 0 Å². The number of fused-ring (bicyclic) bond motifs is 3. The molecular formula is C54H52N2. The van der Waals surface area contributed by atoms with Crippen LogP contribution in [0, 0.1) is 13.8 Å². The molecule has 56 heavy (non-hydrogen) atoms. The Balaban J connectivity index is 1.48. The average Bonchev–Trinajstić information content (AvgIpc) is 3.19. The Morgan fingerprint density at radius 2 is 0.804 bits per heavy atom. The summed E-state index contributed by atoms with van der Waals surface area (Å²) in [6.07, 6.45) is 0. The molecule has 0 heterocycles. The Kier molecular flexibility index (Phi) is 9.54. The van der Waals surface area contributed by atoms with Crippen molar-refractivity contribution in [3.63, 3.8) is 0 Å². The van der Waals surface area contributed by atoms with E-state index in [4.69, 9.17) is 0 Å². The van der Waals surface area contributed by atoms with Gasteiger partial charge in [-0.15, -0.1) is 0 Å². The minimum atomic E-state index is -0.144. The average molecular weight is 729 g/mol. The van der Waals surface area contributed by atoms with E-state index in [9.17, 15) is 0 Å². The van der Waals surface area contributed by atoms with Crippen molar-refractivity contribution in [1.82, 2.24) is 0 Å². The van der Waals surface area contributed by atoms with E-state index in [0.717, 1.165) is 39.7 Å². The number of hydrogen-bond donors (Lipinski definition) is 0. The topological polar surface area (TPSA) is 6.48 Å². The summed E-state index contributed by atoms with van der Waals surface area (Å²) >= 11 is 0. The third-order valence-corrected chi connectivity index (χ3v) is 11.1. The second-order valence-corrected chi connectivity index (χ2v) is 17.3. The molecule has 0 saturated carbocycles. The fourth-order valence-electron chi connectivity index (χ4n) is 7.79. The summed E-state index contributed by atoms with van der Waals surface area (Å²) in [5, 5.41) is 5.00. The van der Waals surface area contributed by atoms with Gasteiger partial charge < -0.3 is 9.80 Å². The van der Waals surface area contributed by atoms with Crippen LogP contribution in [0.25, 0.3) is 32.7 Å². The molecule has 8 rings (SSSR count). The molecule has 278 valence electrons. The maximum atomic E-state index is 2.48. The van der Waals surface area contributed by atoms with E-state index >= 15 is 0 Å². The highest BCUT2D eigenvalue weighted by Crippen LogP contribution is 2.51. The number of hydrogen-bond acceptors (Lipinski definition) is 2. The number of rotatable bonds is 7. The molecule has 0 fully saturated rings. The summed E-state index contributed by atoms with van der Waals surface area (Å²) in [5.74, 6) is 0. The fraction of sp³-hybridized carbons (Fsp3) is 0.185. The molecule has 0 saturated heterocycles. The lowest BCUT2D eigenvalue weighted by Crippen LogP contribution is -2.19. The first kappa shape index (κ1) is 36.8. The van der Waals surface area contributed by atoms with Gasteiger partial charge in [0, 0.05) is 28.3 Å². The SMILES string of the molecule is Cc1ccc(N(c2ccc(C(C)(C)C)cc2)c2cc(C(C)(C)C)cc(N(c3ccc(C)cc3)c3ccc4c(ccc5ccccc54)c3)c2-c2ccccc2)cc1. The van der Waals surface area contributed by atoms with Crippen molar-refractivity contribution in [2.24, 2.45) is 0 Å². The van der Waals surface area contributed by atoms with Crippen LogP contribution in [0.5, 0.6) is 0 Å². The molecule has 0 spiro atoms. The van der Waals surface area contributed by atoms with Crippen LogP contribution in [-0.4, -0.2) is 0 Å². The van der Waals surface area contributed by atoms with Crippen molar-refractivity contribution in [2.75, 3.05) is 9.80 Å². The van der Waals surface area contributed by atoms with E-state index in [2.05, 4.69) is 235 Å². The largest absolute Gasteiger partial charge is 0.310 e. The quantitative estimate of drug-likeness (QED) is 0.151. The molecule has 0 unspecified atom stereocenters. The van der Waals surface area contributed by atoms with Gasteiger partial charge in [-0.1, -0.05) is 162 Å². The monoisotopic (exact) mass is 728 g/mol. The second kappa shape index (κ2) is 14.5. The Morgan fingerprint density at radius 1 is 0.357 bits per heavy atom. The van der Waals surface area contributed by atoms with Crippen molar-refractivity contribution in [3.05, 3.63) is 192 Å². The molecule has 2 nitrogen and oxygen atoms in total. The van der Waals surface area contributed by atoms with Crippen LogP contribution in [0.2, 0.25) is 0 Å². The van der Waals surface area contributed by atoms with Gasteiger partial charge in [0.25, 0.3) is 0 Å². The Bertz CT molecular complexity index is 2640. The summed E-state index contributed by atoms with van der Waals surface area (Å²) in [6, 6.07) is 63.1. The van der Waals surface area contributed by atoms with Gasteiger partial charge in [0.1, 0.15) is 0 Å². The molecule has 0 radical (unpaired) electrons. The lowest BCUT2D eigenvalue weighted by Gasteiger charge is -2.35. The van der Waals surface area contributed by atoms with E-state index in [1.165, 1.54) is 49.4 Å². The summed E-state index contributed by atoms with van der Waals surface area (Å²) in [4.78, 5) is 4.94. The Morgan fingerprint density at radius 3 is 1.36 bits per heavy atom. The van der Waals surface area contributed by atoms with Crippen LogP contribution < -0.4 is 9.80 Å². The van der Waals surface area contributed by atoms with Gasteiger partial charge in [-0.25, -0.2) is 0 Å². The predicted octanol–water partition coefficient (Wildman–Crippen LogP) is 15.8. The Labute approximate surface area is 333 Å². The lowest BCUT2D eigenvalue weighted by molar-refractivity contribution is 0.590. The van der Waals surface area contributed by atoms with Crippen LogP contribution in [0.1, 0.15) is 63.8 Å². The van der Waals surface area contributed by atoms with Crippen LogP contribution in [-0.2, 0) is 10.8 Å². The van der Waals surface area contributed by atoms with E-state index in [1.54, 1.807) is 0 Å². The lowest BCUT2D eigenvalue weighted by atomic mass is 9.83. The van der Waals surface area contributed by atoms with E-state index in [0.29, 0.717) is 0 Å². The van der Waals surface area contributed by atoms with Crippen molar-refractivity contribution in [3.8, 4) is 11.1 Å².